The molecule has 3 aromatic rings. The zero-order valence-corrected chi connectivity index (χ0v) is 16.3. The highest BCUT2D eigenvalue weighted by atomic mass is 16.6. The molecule has 0 saturated heterocycles. The minimum atomic E-state index is -0.726. The van der Waals surface area contributed by atoms with Crippen LogP contribution in [0.25, 0.3) is 11.2 Å². The zero-order chi connectivity index (χ0) is 21.4. The molecule has 0 fully saturated rings. The van der Waals surface area contributed by atoms with Crippen molar-refractivity contribution in [2.45, 2.75) is 6.54 Å². The molecule has 0 spiro atoms. The predicted molar refractivity (Wildman–Crippen MR) is 103 cm³/mol. The summed E-state index contributed by atoms with van der Waals surface area (Å²) in [6, 6.07) is 4.73. The second kappa shape index (κ2) is 7.50. The molecule has 0 amide bonds. The van der Waals surface area contributed by atoms with E-state index in [0.29, 0.717) is 30.3 Å². The number of ether oxygens (including phenoxy) is 3. The monoisotopic (exact) mass is 414 g/mol. The van der Waals surface area contributed by atoms with Crippen molar-refractivity contribution in [1.29, 1.82) is 0 Å². The maximum absolute atomic E-state index is 12.4. The average Bonchev–Trinajstić information content (AvgIpc) is 3.17. The van der Waals surface area contributed by atoms with Gasteiger partial charge in [-0.05, 0) is 18.2 Å². The summed E-state index contributed by atoms with van der Waals surface area (Å²) in [7, 11) is 2.82. The molecular weight excluding hydrogens is 396 g/mol. The number of carbonyl (C=O) groups is 2. The summed E-state index contributed by atoms with van der Waals surface area (Å²) in [6.45, 7) is 0.0294. The molecule has 30 heavy (non-hydrogen) atoms. The summed E-state index contributed by atoms with van der Waals surface area (Å²) >= 11 is 0. The predicted octanol–water partition coefficient (Wildman–Crippen LogP) is -0.369. The van der Waals surface area contributed by atoms with Crippen LogP contribution in [0.3, 0.4) is 0 Å². The normalized spacial score (nSPS) is 12.7. The molecule has 11 nitrogen and oxygen atoms in total. The average molecular weight is 414 g/mol. The number of ketones is 1. The summed E-state index contributed by atoms with van der Waals surface area (Å²) < 4.78 is 19.3. The topological polar surface area (TPSA) is 124 Å². The minimum absolute atomic E-state index is 0.0923. The Labute approximate surface area is 169 Å². The summed E-state index contributed by atoms with van der Waals surface area (Å²) in [5.41, 5.74) is -0.530. The van der Waals surface area contributed by atoms with E-state index in [1.807, 2.05) is 0 Å². The molecule has 156 valence electrons. The summed E-state index contributed by atoms with van der Waals surface area (Å²) in [6.07, 6.45) is 1.27. The van der Waals surface area contributed by atoms with Crippen molar-refractivity contribution >= 4 is 22.9 Å². The van der Waals surface area contributed by atoms with Crippen molar-refractivity contribution < 1.29 is 23.8 Å². The molecule has 0 atom stereocenters. The molecule has 1 aromatic carbocycles. The second-order valence-electron chi connectivity index (χ2n) is 6.69. The van der Waals surface area contributed by atoms with Crippen LogP contribution in [0, 0.1) is 0 Å². The Morgan fingerprint density at radius 2 is 1.83 bits per heavy atom. The molecule has 0 saturated carbocycles. The lowest BCUT2D eigenvalue weighted by Gasteiger charge is -2.18. The Morgan fingerprint density at radius 1 is 1.10 bits per heavy atom. The van der Waals surface area contributed by atoms with E-state index in [9.17, 15) is 19.2 Å². The SMILES string of the molecule is Cn1c(=O)c2c(ncn2CC(=O)OCC(=O)c2ccc3c(c2)OCCO3)n(C)c1=O. The van der Waals surface area contributed by atoms with E-state index in [2.05, 4.69) is 4.98 Å². The van der Waals surface area contributed by atoms with Crippen molar-refractivity contribution in [3.05, 3.63) is 50.9 Å². The van der Waals surface area contributed by atoms with Gasteiger partial charge in [0.05, 0.1) is 6.33 Å². The van der Waals surface area contributed by atoms with Gasteiger partial charge >= 0.3 is 11.7 Å². The minimum Gasteiger partial charge on any atom is -0.486 e. The van der Waals surface area contributed by atoms with Crippen LogP contribution >= 0.6 is 0 Å². The number of imidazole rings is 1. The van der Waals surface area contributed by atoms with Crippen molar-refractivity contribution in [2.75, 3.05) is 19.8 Å². The number of Topliss-reactive ketones (excluding diaryl/α,β-unsaturated/α-hetero) is 1. The maximum Gasteiger partial charge on any atom is 0.332 e. The van der Waals surface area contributed by atoms with Crippen LogP contribution in [0.5, 0.6) is 11.5 Å². The molecule has 2 aromatic heterocycles. The number of hydrogen-bond donors (Lipinski definition) is 0. The first-order valence-electron chi connectivity index (χ1n) is 9.06. The Balaban J connectivity index is 1.46. The molecule has 1 aliphatic heterocycles. The largest absolute Gasteiger partial charge is 0.486 e. The van der Waals surface area contributed by atoms with Crippen molar-refractivity contribution in [1.82, 2.24) is 18.7 Å². The van der Waals surface area contributed by atoms with Crippen LogP contribution in [0.2, 0.25) is 0 Å². The van der Waals surface area contributed by atoms with Gasteiger partial charge in [0.25, 0.3) is 5.56 Å². The quantitative estimate of drug-likeness (QED) is 0.409. The van der Waals surface area contributed by atoms with Crippen molar-refractivity contribution in [3.8, 4) is 11.5 Å². The van der Waals surface area contributed by atoms with Crippen LogP contribution in [0.15, 0.2) is 34.1 Å². The Morgan fingerprint density at radius 3 is 2.60 bits per heavy atom. The van der Waals surface area contributed by atoms with Crippen molar-refractivity contribution in [2.24, 2.45) is 14.1 Å². The van der Waals surface area contributed by atoms with E-state index in [1.165, 1.54) is 35.6 Å². The molecule has 0 bridgehead atoms. The second-order valence-corrected chi connectivity index (χ2v) is 6.69. The first-order valence-corrected chi connectivity index (χ1v) is 9.06. The number of nitrogens with zero attached hydrogens (tertiary/aromatic N) is 4. The lowest BCUT2D eigenvalue weighted by Crippen LogP contribution is -2.37. The summed E-state index contributed by atoms with van der Waals surface area (Å²) in [4.78, 5) is 53.0. The number of fused-ring (bicyclic) bond motifs is 2. The Bertz CT molecular complexity index is 1280. The van der Waals surface area contributed by atoms with Crippen LogP contribution in [0.4, 0.5) is 0 Å². The molecule has 0 unspecified atom stereocenters. The first-order chi connectivity index (χ1) is 14.4. The number of benzene rings is 1. The molecule has 0 radical (unpaired) electrons. The number of aromatic nitrogens is 4. The lowest BCUT2D eigenvalue weighted by molar-refractivity contribution is -0.143. The molecule has 0 aliphatic carbocycles. The highest BCUT2D eigenvalue weighted by Gasteiger charge is 2.19. The third-order valence-corrected chi connectivity index (χ3v) is 4.75. The molecule has 3 heterocycles. The van der Waals surface area contributed by atoms with Crippen LogP contribution < -0.4 is 20.7 Å². The number of carbonyl (C=O) groups excluding carboxylic acids is 2. The molecule has 0 N–H and O–H groups in total. The van der Waals surface area contributed by atoms with Gasteiger partial charge in [-0.1, -0.05) is 0 Å². The number of esters is 1. The third kappa shape index (κ3) is 3.34. The van der Waals surface area contributed by atoms with Gasteiger partial charge in [0.2, 0.25) is 0 Å². The number of aryl methyl sites for hydroxylation is 1. The van der Waals surface area contributed by atoms with Gasteiger partial charge in [0, 0.05) is 19.7 Å². The van der Waals surface area contributed by atoms with E-state index in [1.54, 1.807) is 12.1 Å². The Hall–Kier alpha value is -3.89. The third-order valence-electron chi connectivity index (χ3n) is 4.75. The van der Waals surface area contributed by atoms with E-state index in [4.69, 9.17) is 14.2 Å². The summed E-state index contributed by atoms with van der Waals surface area (Å²) in [5, 5.41) is 0. The molecule has 1 aliphatic rings. The maximum atomic E-state index is 12.4. The van der Waals surface area contributed by atoms with Gasteiger partial charge in [0.15, 0.2) is 35.1 Å². The standard InChI is InChI=1S/C19H18N4O7/c1-21-17-16(18(26)22(2)19(21)27)23(10-20-17)8-15(25)30-9-12(24)11-3-4-13-14(7-11)29-6-5-28-13/h3-4,7,10H,5-6,8-9H2,1-2H3. The van der Waals surface area contributed by atoms with Crippen molar-refractivity contribution in [3.63, 3.8) is 0 Å². The van der Waals surface area contributed by atoms with Crippen LogP contribution in [-0.4, -0.2) is 50.3 Å². The van der Waals surface area contributed by atoms with Gasteiger partial charge in [-0.15, -0.1) is 0 Å². The van der Waals surface area contributed by atoms with Crippen LogP contribution in [0.1, 0.15) is 10.4 Å². The van der Waals surface area contributed by atoms with Gasteiger partial charge in [-0.25, -0.2) is 9.78 Å². The fourth-order valence-corrected chi connectivity index (χ4v) is 3.15. The van der Waals surface area contributed by atoms with Crippen LogP contribution in [-0.2, 0) is 30.2 Å². The fourth-order valence-electron chi connectivity index (χ4n) is 3.15. The molecular formula is C19H18N4O7. The summed E-state index contributed by atoms with van der Waals surface area (Å²) in [5.74, 6) is -0.118. The van der Waals surface area contributed by atoms with E-state index >= 15 is 0 Å². The Kier molecular flexibility index (Phi) is 4.86. The molecule has 4 rings (SSSR count). The van der Waals surface area contributed by atoms with Gasteiger partial charge in [-0.2, -0.15) is 0 Å². The first kappa shape index (κ1) is 19.4. The van der Waals surface area contributed by atoms with E-state index in [0.717, 1.165) is 4.57 Å². The van der Waals surface area contributed by atoms with E-state index in [-0.39, 0.29) is 17.7 Å². The number of rotatable bonds is 5. The smallest absolute Gasteiger partial charge is 0.332 e. The van der Waals surface area contributed by atoms with Gasteiger partial charge < -0.3 is 18.8 Å². The highest BCUT2D eigenvalue weighted by Crippen LogP contribution is 2.30. The number of hydrogen-bond acceptors (Lipinski definition) is 8. The zero-order valence-electron chi connectivity index (χ0n) is 16.3. The highest BCUT2D eigenvalue weighted by molar-refractivity contribution is 5.98. The van der Waals surface area contributed by atoms with Gasteiger partial charge in [0.1, 0.15) is 19.8 Å². The van der Waals surface area contributed by atoms with Gasteiger partial charge in [-0.3, -0.25) is 23.5 Å². The fraction of sp³-hybridized carbons (Fsp3) is 0.316. The lowest BCUT2D eigenvalue weighted by atomic mass is 10.1. The van der Waals surface area contributed by atoms with E-state index < -0.39 is 29.6 Å². The molecule has 11 heteroatoms.